The number of hydrogen-bond acceptors (Lipinski definition) is 3. The Hall–Kier alpha value is -3.10. The summed E-state index contributed by atoms with van der Waals surface area (Å²) in [6, 6.07) is 3.30. The number of rotatable bonds is 3. The highest BCUT2D eigenvalue weighted by Crippen LogP contribution is 2.21. The fourth-order valence-corrected chi connectivity index (χ4v) is 1.22. The van der Waals surface area contributed by atoms with Crippen molar-refractivity contribution >= 4 is 29.5 Å². The van der Waals surface area contributed by atoms with Crippen LogP contribution >= 0.6 is 0 Å². The third-order valence-corrected chi connectivity index (χ3v) is 1.95. The van der Waals surface area contributed by atoms with Gasteiger partial charge in [-0.2, -0.15) is 4.99 Å². The summed E-state index contributed by atoms with van der Waals surface area (Å²) in [6.07, 6.45) is 0. The van der Waals surface area contributed by atoms with Crippen molar-refractivity contribution in [3.8, 4) is 0 Å². The Morgan fingerprint density at radius 3 is 2.16 bits per heavy atom. The Morgan fingerprint density at radius 2 is 1.68 bits per heavy atom. The van der Waals surface area contributed by atoms with Crippen LogP contribution in [0.4, 0.5) is 5.69 Å². The maximum absolute atomic E-state index is 11.0. The Bertz CT molecular complexity index is 590. The van der Waals surface area contributed by atoms with Crippen molar-refractivity contribution < 1.29 is 19.8 Å². The first-order valence-electron chi connectivity index (χ1n) is 4.85. The fourth-order valence-electron chi connectivity index (χ4n) is 1.22. The molecule has 0 aliphatic heterocycles. The highest BCUT2D eigenvalue weighted by molar-refractivity contribution is 5.99. The van der Waals surface area contributed by atoms with Gasteiger partial charge in [0.25, 0.3) is 0 Å². The molecule has 0 heterocycles. The highest BCUT2D eigenvalue weighted by atomic mass is 16.4. The van der Waals surface area contributed by atoms with Gasteiger partial charge in [-0.05, 0) is 18.2 Å². The predicted octanol–water partition coefficient (Wildman–Crippen LogP) is -0.697. The minimum Gasteiger partial charge on any atom is -0.478 e. The molecule has 8 N–H and O–H groups in total. The highest BCUT2D eigenvalue weighted by Gasteiger charge is 2.13. The minimum atomic E-state index is -1.28. The molecule has 0 amide bonds. The largest absolute Gasteiger partial charge is 0.478 e. The lowest BCUT2D eigenvalue weighted by atomic mass is 10.1. The molecule has 0 spiro atoms. The van der Waals surface area contributed by atoms with Gasteiger partial charge >= 0.3 is 11.9 Å². The van der Waals surface area contributed by atoms with E-state index in [1.54, 1.807) is 0 Å². The van der Waals surface area contributed by atoms with Crippen molar-refractivity contribution in [1.82, 2.24) is 0 Å². The second-order valence-corrected chi connectivity index (χ2v) is 3.35. The second kappa shape index (κ2) is 5.49. The second-order valence-electron chi connectivity index (χ2n) is 3.35. The zero-order valence-corrected chi connectivity index (χ0v) is 9.57. The third kappa shape index (κ3) is 3.70. The van der Waals surface area contributed by atoms with Crippen LogP contribution in [0.5, 0.6) is 0 Å². The first-order chi connectivity index (χ1) is 8.81. The number of nitrogens with two attached hydrogens (primary N) is 3. The fraction of sp³-hybridized carbons (Fsp3) is 0. The summed E-state index contributed by atoms with van der Waals surface area (Å²) in [7, 11) is 0. The van der Waals surface area contributed by atoms with Crippen LogP contribution in [-0.2, 0) is 0 Å². The topological polar surface area (TPSA) is 177 Å². The molecule has 9 nitrogen and oxygen atoms in total. The number of hydrogen-bond donors (Lipinski definition) is 5. The maximum atomic E-state index is 11.0. The van der Waals surface area contributed by atoms with Gasteiger partial charge < -0.3 is 27.4 Å². The van der Waals surface area contributed by atoms with Crippen LogP contribution in [0.3, 0.4) is 0 Å². The van der Waals surface area contributed by atoms with E-state index < -0.39 is 11.9 Å². The number of carboxylic acid groups (broad SMARTS) is 2. The third-order valence-electron chi connectivity index (χ3n) is 1.95. The molecule has 0 saturated heterocycles. The molecule has 0 aromatic heterocycles. The number of nitrogens with zero attached hydrogens (tertiary/aromatic N) is 2. The van der Waals surface area contributed by atoms with E-state index in [1.807, 2.05) is 0 Å². The lowest BCUT2D eigenvalue weighted by molar-refractivity contribution is 0.0682. The van der Waals surface area contributed by atoms with Crippen LogP contribution in [0.25, 0.3) is 0 Å². The Balaban J connectivity index is 3.37. The molecule has 0 atom stereocenters. The van der Waals surface area contributed by atoms with Gasteiger partial charge in [0.15, 0.2) is 5.96 Å². The first-order valence-corrected chi connectivity index (χ1v) is 4.85. The van der Waals surface area contributed by atoms with Gasteiger partial charge in [0, 0.05) is 0 Å². The van der Waals surface area contributed by atoms with Crippen LogP contribution in [0.2, 0.25) is 0 Å². The Kier molecular flexibility index (Phi) is 4.03. The lowest BCUT2D eigenvalue weighted by Crippen LogP contribution is -2.26. The maximum Gasteiger partial charge on any atom is 0.337 e. The molecule has 9 heteroatoms. The molecule has 1 rings (SSSR count). The van der Waals surface area contributed by atoms with Gasteiger partial charge in [-0.1, -0.05) is 0 Å². The van der Waals surface area contributed by atoms with Crippen molar-refractivity contribution in [1.29, 1.82) is 0 Å². The van der Waals surface area contributed by atoms with Crippen molar-refractivity contribution in [3.63, 3.8) is 0 Å². The number of guanidine groups is 2. The molecule has 1 aromatic carbocycles. The summed E-state index contributed by atoms with van der Waals surface area (Å²) < 4.78 is 0. The summed E-state index contributed by atoms with van der Waals surface area (Å²) in [6.45, 7) is 0. The minimum absolute atomic E-state index is 0.138. The summed E-state index contributed by atoms with van der Waals surface area (Å²) in [4.78, 5) is 28.8. The predicted molar refractivity (Wildman–Crippen MR) is 67.5 cm³/mol. The molecular formula is C10H11N5O4. The van der Waals surface area contributed by atoms with Gasteiger partial charge in [-0.25, -0.2) is 14.6 Å². The molecule has 0 radical (unpaired) electrons. The van der Waals surface area contributed by atoms with Crippen molar-refractivity contribution in [3.05, 3.63) is 29.3 Å². The summed E-state index contributed by atoms with van der Waals surface area (Å²) in [5, 5.41) is 17.8. The van der Waals surface area contributed by atoms with Crippen molar-refractivity contribution in [2.24, 2.45) is 27.2 Å². The van der Waals surface area contributed by atoms with Gasteiger partial charge in [-0.3, -0.25) is 0 Å². The molecule has 0 aliphatic rings. The van der Waals surface area contributed by atoms with E-state index in [2.05, 4.69) is 9.98 Å². The molecular weight excluding hydrogens is 254 g/mol. The van der Waals surface area contributed by atoms with E-state index in [4.69, 9.17) is 27.4 Å². The molecule has 1 aromatic rings. The average molecular weight is 265 g/mol. The van der Waals surface area contributed by atoms with Gasteiger partial charge in [-0.15, -0.1) is 0 Å². The smallest absolute Gasteiger partial charge is 0.337 e. The normalized spacial score (nSPS) is 10.8. The van der Waals surface area contributed by atoms with E-state index in [9.17, 15) is 9.59 Å². The van der Waals surface area contributed by atoms with E-state index in [-0.39, 0.29) is 28.7 Å². The Labute approximate surface area is 107 Å². The van der Waals surface area contributed by atoms with E-state index in [0.29, 0.717) is 0 Å². The van der Waals surface area contributed by atoms with Crippen LogP contribution in [0.15, 0.2) is 28.2 Å². The summed E-state index contributed by atoms with van der Waals surface area (Å²) in [5.41, 5.74) is 15.0. The lowest BCUT2D eigenvalue weighted by Gasteiger charge is -2.03. The number of carboxylic acids is 2. The van der Waals surface area contributed by atoms with Crippen LogP contribution in [0.1, 0.15) is 20.7 Å². The van der Waals surface area contributed by atoms with Gasteiger partial charge in [0.1, 0.15) is 0 Å². The van der Waals surface area contributed by atoms with Crippen LogP contribution < -0.4 is 17.2 Å². The van der Waals surface area contributed by atoms with Crippen molar-refractivity contribution in [2.45, 2.75) is 0 Å². The van der Waals surface area contributed by atoms with Gasteiger partial charge in [0.2, 0.25) is 5.96 Å². The molecule has 0 bridgehead atoms. The van der Waals surface area contributed by atoms with Crippen molar-refractivity contribution in [2.75, 3.05) is 0 Å². The summed E-state index contributed by atoms with van der Waals surface area (Å²) >= 11 is 0. The number of benzene rings is 1. The molecule has 0 saturated carbocycles. The molecule has 19 heavy (non-hydrogen) atoms. The average Bonchev–Trinajstić information content (AvgIpc) is 2.26. The summed E-state index contributed by atoms with van der Waals surface area (Å²) in [5.74, 6) is -3.25. The molecule has 0 unspecified atom stereocenters. The van der Waals surface area contributed by atoms with Crippen LogP contribution in [-0.4, -0.2) is 34.1 Å². The number of aromatic carboxylic acids is 2. The van der Waals surface area contributed by atoms with E-state index in [1.165, 1.54) is 0 Å². The molecule has 0 fully saturated rings. The monoisotopic (exact) mass is 265 g/mol. The van der Waals surface area contributed by atoms with Crippen LogP contribution in [0, 0.1) is 0 Å². The molecule has 100 valence electrons. The first kappa shape index (κ1) is 14.0. The quantitative estimate of drug-likeness (QED) is 0.354. The molecule has 0 aliphatic carbocycles. The Morgan fingerprint density at radius 1 is 1.05 bits per heavy atom. The number of aliphatic imine (C=N–C) groups is 2. The number of carbonyl (C=O) groups is 2. The zero-order chi connectivity index (χ0) is 14.6. The standard InChI is InChI=1S/C10H11N5O4/c11-9(12)15-10(13)14-6-3-4(7(16)17)1-2-5(6)8(18)19/h1-3H,(H,16,17)(H,18,19)(H6,11,12,13,14,15). The van der Waals surface area contributed by atoms with E-state index >= 15 is 0 Å². The van der Waals surface area contributed by atoms with Gasteiger partial charge in [0.05, 0.1) is 16.8 Å². The van der Waals surface area contributed by atoms with E-state index in [0.717, 1.165) is 18.2 Å². The SMILES string of the molecule is NC(N)=NC(N)=Nc1cc(C(=O)O)ccc1C(=O)O. The zero-order valence-electron chi connectivity index (χ0n) is 9.57.